The van der Waals surface area contributed by atoms with Crippen LogP contribution in [0.1, 0.15) is 24.8 Å². The second-order valence-electron chi connectivity index (χ2n) is 4.27. The third-order valence-corrected chi connectivity index (χ3v) is 2.78. The molecule has 0 aliphatic heterocycles. The largest absolute Gasteiger partial charge is 0.396 e. The molecule has 0 spiro atoms. The molecule has 0 atom stereocenters. The van der Waals surface area contributed by atoms with Crippen LogP contribution in [0.3, 0.4) is 0 Å². The monoisotopic (exact) mass is 256 g/mol. The summed E-state index contributed by atoms with van der Waals surface area (Å²) in [6, 6.07) is 9.54. The fourth-order valence-electron chi connectivity index (χ4n) is 1.76. The lowest BCUT2D eigenvalue weighted by atomic mass is 9.94. The van der Waals surface area contributed by atoms with Crippen LogP contribution in [-0.2, 0) is 4.79 Å². The number of aliphatic hydroxyl groups is 1. The molecule has 1 N–H and O–H groups in total. The molecule has 0 radical (unpaired) electrons. The van der Waals surface area contributed by atoms with Crippen molar-refractivity contribution >= 4 is 11.4 Å². The Balaban J connectivity index is 2.95. The van der Waals surface area contributed by atoms with Gasteiger partial charge in [0.2, 0.25) is 0 Å². The van der Waals surface area contributed by atoms with E-state index in [2.05, 4.69) is 13.2 Å². The first kappa shape index (κ1) is 15.1. The van der Waals surface area contributed by atoms with Crippen LogP contribution in [-0.4, -0.2) is 17.5 Å². The van der Waals surface area contributed by atoms with Gasteiger partial charge in [-0.05, 0) is 30.4 Å². The Morgan fingerprint density at radius 1 is 1.26 bits per heavy atom. The van der Waals surface area contributed by atoms with Crippen molar-refractivity contribution in [2.24, 2.45) is 0 Å². The van der Waals surface area contributed by atoms with Crippen molar-refractivity contribution in [3.05, 3.63) is 66.8 Å². The number of benzene rings is 1. The zero-order chi connectivity index (χ0) is 14.1. The Hall–Kier alpha value is -1.93. The van der Waals surface area contributed by atoms with Crippen LogP contribution in [0.4, 0.5) is 0 Å². The topological polar surface area (TPSA) is 37.3 Å². The number of ketones is 1. The number of hydrogen-bond acceptors (Lipinski definition) is 2. The van der Waals surface area contributed by atoms with Crippen molar-refractivity contribution in [3.8, 4) is 0 Å². The summed E-state index contributed by atoms with van der Waals surface area (Å²) < 4.78 is 0. The van der Waals surface area contributed by atoms with Crippen LogP contribution in [0.2, 0.25) is 0 Å². The molecule has 100 valence electrons. The van der Waals surface area contributed by atoms with Gasteiger partial charge in [-0.15, -0.1) is 6.58 Å². The number of rotatable bonds is 8. The maximum absolute atomic E-state index is 12.4. The molecule has 0 heterocycles. The Labute approximate surface area is 114 Å². The molecule has 1 aromatic rings. The van der Waals surface area contributed by atoms with Crippen molar-refractivity contribution < 1.29 is 9.90 Å². The molecule has 0 amide bonds. The summed E-state index contributed by atoms with van der Waals surface area (Å²) in [5.41, 5.74) is 2.08. The van der Waals surface area contributed by atoms with E-state index in [1.54, 1.807) is 6.08 Å². The number of aliphatic hydroxyl groups excluding tert-OH is 1. The van der Waals surface area contributed by atoms with Crippen molar-refractivity contribution in [2.45, 2.75) is 19.3 Å². The van der Waals surface area contributed by atoms with E-state index in [-0.39, 0.29) is 12.4 Å². The average molecular weight is 256 g/mol. The van der Waals surface area contributed by atoms with E-state index in [1.807, 2.05) is 36.4 Å². The van der Waals surface area contributed by atoms with E-state index in [1.165, 1.54) is 0 Å². The van der Waals surface area contributed by atoms with Gasteiger partial charge in [0.1, 0.15) is 0 Å². The molecule has 19 heavy (non-hydrogen) atoms. The van der Waals surface area contributed by atoms with Crippen LogP contribution in [0.15, 0.2) is 61.2 Å². The average Bonchev–Trinajstić information content (AvgIpc) is 2.46. The van der Waals surface area contributed by atoms with Crippen molar-refractivity contribution in [2.75, 3.05) is 6.61 Å². The standard InChI is InChI=1S/C17H20O2/c1-3-4-12-16(15-10-6-5-7-11-15)17(19)14(2)9-8-13-18/h3,5-7,10-12,18H,1-2,4,8-9,13H2/b16-12-. The molecule has 2 nitrogen and oxygen atoms in total. The zero-order valence-corrected chi connectivity index (χ0v) is 11.1. The van der Waals surface area contributed by atoms with Gasteiger partial charge in [-0.2, -0.15) is 0 Å². The quantitative estimate of drug-likeness (QED) is 0.570. The lowest BCUT2D eigenvalue weighted by Gasteiger charge is -2.09. The van der Waals surface area contributed by atoms with Crippen molar-refractivity contribution in [1.82, 2.24) is 0 Å². The first-order valence-electron chi connectivity index (χ1n) is 6.40. The Kier molecular flexibility index (Phi) is 6.55. The van der Waals surface area contributed by atoms with E-state index < -0.39 is 0 Å². The first-order valence-corrected chi connectivity index (χ1v) is 6.40. The highest BCUT2D eigenvalue weighted by Crippen LogP contribution is 2.21. The number of hydrogen-bond donors (Lipinski definition) is 1. The Morgan fingerprint density at radius 2 is 1.95 bits per heavy atom. The molecule has 1 rings (SSSR count). The molecular weight excluding hydrogens is 236 g/mol. The maximum atomic E-state index is 12.4. The van der Waals surface area contributed by atoms with E-state index >= 15 is 0 Å². The lowest BCUT2D eigenvalue weighted by molar-refractivity contribution is -0.110. The molecule has 0 aliphatic rings. The third-order valence-electron chi connectivity index (χ3n) is 2.78. The molecule has 0 saturated carbocycles. The Bertz CT molecular complexity index is 469. The summed E-state index contributed by atoms with van der Waals surface area (Å²) in [5.74, 6) is -0.0542. The zero-order valence-electron chi connectivity index (χ0n) is 11.1. The molecule has 0 aliphatic carbocycles. The van der Waals surface area contributed by atoms with Crippen LogP contribution in [0.5, 0.6) is 0 Å². The van der Waals surface area contributed by atoms with Crippen LogP contribution in [0.25, 0.3) is 5.57 Å². The lowest BCUT2D eigenvalue weighted by Crippen LogP contribution is -2.05. The predicted molar refractivity (Wildman–Crippen MR) is 79.7 cm³/mol. The van der Waals surface area contributed by atoms with Gasteiger partial charge in [-0.25, -0.2) is 0 Å². The normalized spacial score (nSPS) is 11.1. The molecule has 0 fully saturated rings. The molecule has 0 aromatic heterocycles. The second kappa shape index (κ2) is 8.22. The van der Waals surface area contributed by atoms with E-state index in [0.717, 1.165) is 5.56 Å². The van der Waals surface area contributed by atoms with Crippen molar-refractivity contribution in [1.29, 1.82) is 0 Å². The first-order chi connectivity index (χ1) is 9.20. The predicted octanol–water partition coefficient (Wildman–Crippen LogP) is 3.54. The highest BCUT2D eigenvalue weighted by Gasteiger charge is 2.14. The van der Waals surface area contributed by atoms with Gasteiger partial charge in [0.15, 0.2) is 5.78 Å². The summed E-state index contributed by atoms with van der Waals surface area (Å²) in [5, 5.41) is 8.81. The van der Waals surface area contributed by atoms with Gasteiger partial charge in [-0.3, -0.25) is 4.79 Å². The summed E-state index contributed by atoms with van der Waals surface area (Å²) in [7, 11) is 0. The van der Waals surface area contributed by atoms with Gasteiger partial charge < -0.3 is 5.11 Å². The van der Waals surface area contributed by atoms with Crippen LogP contribution < -0.4 is 0 Å². The van der Waals surface area contributed by atoms with Gasteiger partial charge in [0.25, 0.3) is 0 Å². The number of allylic oxidation sites excluding steroid dienone is 4. The van der Waals surface area contributed by atoms with E-state index in [0.29, 0.717) is 30.4 Å². The molecule has 0 saturated heterocycles. The van der Waals surface area contributed by atoms with Crippen LogP contribution >= 0.6 is 0 Å². The third kappa shape index (κ3) is 4.68. The smallest absolute Gasteiger partial charge is 0.188 e. The SMILES string of the molecule is C=CC/C=C(\C(=O)C(=C)CCCO)c1ccccc1. The van der Waals surface area contributed by atoms with Gasteiger partial charge in [-0.1, -0.05) is 49.1 Å². The fraction of sp³-hybridized carbons (Fsp3) is 0.235. The van der Waals surface area contributed by atoms with E-state index in [9.17, 15) is 4.79 Å². The highest BCUT2D eigenvalue weighted by atomic mass is 16.2. The van der Waals surface area contributed by atoms with Gasteiger partial charge >= 0.3 is 0 Å². The minimum atomic E-state index is -0.0542. The minimum Gasteiger partial charge on any atom is -0.396 e. The maximum Gasteiger partial charge on any atom is 0.188 e. The number of Topliss-reactive ketones (excluding diaryl/α,β-unsaturated/α-hetero) is 1. The molecule has 0 bridgehead atoms. The number of carbonyl (C=O) groups is 1. The summed E-state index contributed by atoms with van der Waals surface area (Å²) in [6.07, 6.45) is 5.35. The summed E-state index contributed by atoms with van der Waals surface area (Å²) >= 11 is 0. The highest BCUT2D eigenvalue weighted by molar-refractivity contribution is 6.28. The summed E-state index contributed by atoms with van der Waals surface area (Å²) in [4.78, 5) is 12.4. The molecule has 1 aromatic carbocycles. The second-order valence-corrected chi connectivity index (χ2v) is 4.27. The van der Waals surface area contributed by atoms with Crippen LogP contribution in [0, 0.1) is 0 Å². The number of carbonyl (C=O) groups excluding carboxylic acids is 1. The summed E-state index contributed by atoms with van der Waals surface area (Å²) in [6.45, 7) is 7.56. The van der Waals surface area contributed by atoms with E-state index in [4.69, 9.17) is 5.11 Å². The fourth-order valence-corrected chi connectivity index (χ4v) is 1.76. The molecule has 0 unspecified atom stereocenters. The molecule has 2 heteroatoms. The molecular formula is C17H20O2. The van der Waals surface area contributed by atoms with Gasteiger partial charge in [0, 0.05) is 12.2 Å². The minimum absolute atomic E-state index is 0.0542. The van der Waals surface area contributed by atoms with Gasteiger partial charge in [0.05, 0.1) is 0 Å². The van der Waals surface area contributed by atoms with Crippen molar-refractivity contribution in [3.63, 3.8) is 0 Å². The Morgan fingerprint density at radius 3 is 2.53 bits per heavy atom.